The first-order valence-electron chi connectivity index (χ1n) is 5.06. The number of ether oxygens (including phenoxy) is 1. The van der Waals surface area contributed by atoms with Gasteiger partial charge < -0.3 is 4.74 Å². The molecular weight excluding hydrogens is 220 g/mol. The number of hydrogen-bond donors (Lipinski definition) is 1. The molecule has 6 heteroatoms. The van der Waals surface area contributed by atoms with E-state index < -0.39 is 11.7 Å². The number of benzene rings is 1. The second kappa shape index (κ2) is 5.23. The summed E-state index contributed by atoms with van der Waals surface area (Å²) in [6.07, 6.45) is -0.546. The highest BCUT2D eigenvalue weighted by Gasteiger charge is 2.15. The molecule has 1 aromatic carbocycles. The first-order chi connectivity index (χ1) is 7.90. The Morgan fingerprint density at radius 2 is 2.18 bits per heavy atom. The molecule has 0 aliphatic carbocycles. The molecular formula is C11H14N4O2. The molecule has 0 atom stereocenters. The first-order valence-corrected chi connectivity index (χ1v) is 5.06. The highest BCUT2D eigenvalue weighted by Crippen LogP contribution is 2.18. The number of rotatable bonds is 2. The lowest BCUT2D eigenvalue weighted by Gasteiger charge is -2.19. The van der Waals surface area contributed by atoms with E-state index >= 15 is 0 Å². The predicted octanol–water partition coefficient (Wildman–Crippen LogP) is 3.98. The van der Waals surface area contributed by atoms with Crippen LogP contribution in [-0.2, 0) is 4.74 Å². The normalized spacial score (nSPS) is 10.3. The van der Waals surface area contributed by atoms with E-state index in [-0.39, 0.29) is 0 Å². The van der Waals surface area contributed by atoms with E-state index in [1.165, 1.54) is 0 Å². The van der Waals surface area contributed by atoms with Crippen LogP contribution in [0, 0.1) is 0 Å². The van der Waals surface area contributed by atoms with Gasteiger partial charge in [-0.3, -0.25) is 5.32 Å². The molecule has 0 saturated heterocycles. The zero-order chi connectivity index (χ0) is 12.9. The molecule has 0 aromatic heterocycles. The van der Waals surface area contributed by atoms with E-state index in [2.05, 4.69) is 15.3 Å². The fourth-order valence-corrected chi connectivity index (χ4v) is 1.12. The third-order valence-electron chi connectivity index (χ3n) is 1.65. The number of anilines is 1. The van der Waals surface area contributed by atoms with Crippen molar-refractivity contribution >= 4 is 17.5 Å². The third kappa shape index (κ3) is 4.90. The van der Waals surface area contributed by atoms with Crippen molar-refractivity contribution in [2.75, 3.05) is 5.32 Å². The van der Waals surface area contributed by atoms with E-state index in [1.807, 2.05) is 0 Å². The van der Waals surface area contributed by atoms with Gasteiger partial charge in [0.05, 0.1) is 0 Å². The summed E-state index contributed by atoms with van der Waals surface area (Å²) in [5.41, 5.74) is 8.69. The Bertz CT molecular complexity index is 459. The highest BCUT2D eigenvalue weighted by molar-refractivity contribution is 5.85. The van der Waals surface area contributed by atoms with Crippen molar-refractivity contribution in [3.05, 3.63) is 34.7 Å². The lowest BCUT2D eigenvalue weighted by Crippen LogP contribution is -2.27. The first kappa shape index (κ1) is 12.9. The molecule has 0 unspecified atom stereocenters. The van der Waals surface area contributed by atoms with E-state index in [4.69, 9.17) is 10.3 Å². The summed E-state index contributed by atoms with van der Waals surface area (Å²) < 4.78 is 5.09. The van der Waals surface area contributed by atoms with Crippen molar-refractivity contribution in [2.24, 2.45) is 5.11 Å². The molecule has 90 valence electrons. The van der Waals surface area contributed by atoms with Gasteiger partial charge >= 0.3 is 6.09 Å². The second-order valence-electron chi connectivity index (χ2n) is 4.37. The molecule has 6 nitrogen and oxygen atoms in total. The third-order valence-corrected chi connectivity index (χ3v) is 1.65. The van der Waals surface area contributed by atoms with E-state index in [0.29, 0.717) is 11.4 Å². The molecule has 0 fully saturated rings. The Morgan fingerprint density at radius 3 is 2.76 bits per heavy atom. The van der Waals surface area contributed by atoms with Crippen LogP contribution >= 0.6 is 0 Å². The molecule has 0 saturated carbocycles. The summed E-state index contributed by atoms with van der Waals surface area (Å²) in [6.45, 7) is 5.34. The van der Waals surface area contributed by atoms with Crippen molar-refractivity contribution in [3.8, 4) is 0 Å². The molecule has 1 rings (SSSR count). The fraction of sp³-hybridized carbons (Fsp3) is 0.364. The van der Waals surface area contributed by atoms with Gasteiger partial charge in [-0.1, -0.05) is 17.2 Å². The Hall–Kier alpha value is -2.20. The van der Waals surface area contributed by atoms with Crippen molar-refractivity contribution in [3.63, 3.8) is 0 Å². The Balaban J connectivity index is 2.72. The Morgan fingerprint density at radius 1 is 1.47 bits per heavy atom. The van der Waals surface area contributed by atoms with Crippen LogP contribution < -0.4 is 5.32 Å². The number of carbonyl (C=O) groups is 1. The number of nitrogens with zero attached hydrogens (tertiary/aromatic N) is 3. The largest absolute Gasteiger partial charge is 0.444 e. The van der Waals surface area contributed by atoms with Gasteiger partial charge in [0, 0.05) is 16.3 Å². The average Bonchev–Trinajstić information content (AvgIpc) is 2.15. The summed E-state index contributed by atoms with van der Waals surface area (Å²) in [5.74, 6) is 0. The van der Waals surface area contributed by atoms with Crippen LogP contribution in [0.25, 0.3) is 10.4 Å². The Kier molecular flexibility index (Phi) is 3.96. The standard InChI is InChI=1S/C11H14N4O2/c1-11(2,3)17-10(16)13-8-5-4-6-9(7-8)14-15-12/h4-7H,1-3H3,(H,13,16). The van der Waals surface area contributed by atoms with E-state index in [1.54, 1.807) is 45.0 Å². The molecule has 0 heterocycles. The van der Waals surface area contributed by atoms with Gasteiger partial charge in [0.15, 0.2) is 0 Å². The molecule has 1 aromatic rings. The van der Waals surface area contributed by atoms with Crippen LogP contribution in [0.15, 0.2) is 29.4 Å². The van der Waals surface area contributed by atoms with Crippen molar-refractivity contribution in [1.82, 2.24) is 0 Å². The van der Waals surface area contributed by atoms with Gasteiger partial charge in [-0.15, -0.1) is 0 Å². The van der Waals surface area contributed by atoms with Crippen LogP contribution in [0.4, 0.5) is 16.2 Å². The van der Waals surface area contributed by atoms with Gasteiger partial charge in [-0.05, 0) is 38.4 Å². The lowest BCUT2D eigenvalue weighted by molar-refractivity contribution is 0.0636. The zero-order valence-corrected chi connectivity index (χ0v) is 9.97. The summed E-state index contributed by atoms with van der Waals surface area (Å²) in [5, 5.41) is 5.99. The summed E-state index contributed by atoms with van der Waals surface area (Å²) in [7, 11) is 0. The zero-order valence-electron chi connectivity index (χ0n) is 9.97. The monoisotopic (exact) mass is 234 g/mol. The smallest absolute Gasteiger partial charge is 0.412 e. The minimum Gasteiger partial charge on any atom is -0.444 e. The van der Waals surface area contributed by atoms with Crippen LogP contribution in [0.5, 0.6) is 0 Å². The van der Waals surface area contributed by atoms with Crippen LogP contribution in [0.2, 0.25) is 0 Å². The maximum absolute atomic E-state index is 11.5. The second-order valence-corrected chi connectivity index (χ2v) is 4.37. The number of amides is 1. The molecule has 1 N–H and O–H groups in total. The molecule has 0 aliphatic heterocycles. The highest BCUT2D eigenvalue weighted by atomic mass is 16.6. The Labute approximate surface area is 99.2 Å². The number of nitrogens with one attached hydrogen (secondary N) is 1. The van der Waals surface area contributed by atoms with Crippen LogP contribution in [0.3, 0.4) is 0 Å². The lowest BCUT2D eigenvalue weighted by atomic mass is 10.2. The van der Waals surface area contributed by atoms with Gasteiger partial charge in [0.2, 0.25) is 0 Å². The SMILES string of the molecule is CC(C)(C)OC(=O)Nc1cccc(N=[N+]=[N-])c1. The van der Waals surface area contributed by atoms with Gasteiger partial charge in [-0.25, -0.2) is 4.79 Å². The molecule has 0 radical (unpaired) electrons. The van der Waals surface area contributed by atoms with E-state index in [9.17, 15) is 4.79 Å². The maximum Gasteiger partial charge on any atom is 0.412 e. The van der Waals surface area contributed by atoms with Gasteiger partial charge in [0.1, 0.15) is 5.60 Å². The minimum absolute atomic E-state index is 0.432. The van der Waals surface area contributed by atoms with Gasteiger partial charge in [0.25, 0.3) is 0 Å². The minimum atomic E-state index is -0.549. The van der Waals surface area contributed by atoms with Crippen LogP contribution in [0.1, 0.15) is 20.8 Å². The molecule has 0 spiro atoms. The summed E-state index contributed by atoms with van der Waals surface area (Å²) in [4.78, 5) is 14.1. The number of hydrogen-bond acceptors (Lipinski definition) is 3. The van der Waals surface area contributed by atoms with Gasteiger partial charge in [-0.2, -0.15) is 0 Å². The predicted molar refractivity (Wildman–Crippen MR) is 65.1 cm³/mol. The summed E-state index contributed by atoms with van der Waals surface area (Å²) in [6, 6.07) is 6.56. The van der Waals surface area contributed by atoms with Crippen molar-refractivity contribution in [2.45, 2.75) is 26.4 Å². The van der Waals surface area contributed by atoms with E-state index in [0.717, 1.165) is 0 Å². The quantitative estimate of drug-likeness (QED) is 0.476. The molecule has 1 amide bonds. The summed E-state index contributed by atoms with van der Waals surface area (Å²) >= 11 is 0. The maximum atomic E-state index is 11.5. The molecule has 0 aliphatic rings. The topological polar surface area (TPSA) is 87.1 Å². The fourth-order valence-electron chi connectivity index (χ4n) is 1.12. The van der Waals surface area contributed by atoms with Crippen molar-refractivity contribution < 1.29 is 9.53 Å². The van der Waals surface area contributed by atoms with Crippen molar-refractivity contribution in [1.29, 1.82) is 0 Å². The molecule has 17 heavy (non-hydrogen) atoms. The number of carbonyl (C=O) groups excluding carboxylic acids is 1. The average molecular weight is 234 g/mol. The molecule has 0 bridgehead atoms. The number of azide groups is 1. The van der Waals surface area contributed by atoms with Crippen LogP contribution in [-0.4, -0.2) is 11.7 Å².